The van der Waals surface area contributed by atoms with Gasteiger partial charge >= 0.3 is 5.97 Å². The van der Waals surface area contributed by atoms with Gasteiger partial charge in [-0.25, -0.2) is 15.0 Å². The molecule has 0 heterocycles. The summed E-state index contributed by atoms with van der Waals surface area (Å²) in [6.45, 7) is -1.14. The normalized spacial score (nSPS) is 7.40. The van der Waals surface area contributed by atoms with Crippen LogP contribution >= 0.6 is 0 Å². The fourth-order valence-corrected chi connectivity index (χ4v) is 0. The molecule has 0 atom stereocenters. The van der Waals surface area contributed by atoms with Crippen molar-refractivity contribution in [1.29, 1.82) is 0 Å². The van der Waals surface area contributed by atoms with Crippen LogP contribution in [0.25, 0.3) is 0 Å². The zero-order valence-corrected chi connectivity index (χ0v) is 2.43. The first-order chi connectivity index (χ1) is 2.27. The topological polar surface area (TPSA) is 56.9 Å². The van der Waals surface area contributed by atoms with Gasteiger partial charge in [-0.1, -0.05) is 0 Å². The Balaban J connectivity index is 2.85. The van der Waals surface area contributed by atoms with Gasteiger partial charge in [0.05, 0.1) is 0 Å². The molecular weight excluding hydrogens is 72.0 g/mol. The van der Waals surface area contributed by atoms with E-state index in [9.17, 15) is 0 Å². The second-order valence-corrected chi connectivity index (χ2v) is 0.516. The highest BCUT2D eigenvalue weighted by Gasteiger charge is 1.89. The molecule has 0 fully saturated rings. The summed E-state index contributed by atoms with van der Waals surface area (Å²) < 4.78 is 0. The smallest absolute Gasteiger partial charge is 0.245 e. The Morgan fingerprint density at radius 2 is 1.80 bits per heavy atom. The Morgan fingerprint density at radius 3 is 1.80 bits per heavy atom. The molecule has 2 radical (unpaired) electrons. The lowest BCUT2D eigenvalue weighted by molar-refractivity contribution is -0.148. The molecule has 0 bridgehead atoms. The summed E-state index contributed by atoms with van der Waals surface area (Å²) in [5, 5.41) is 17.9. The number of carbonyl (C=O) groups is 1. The lowest BCUT2D eigenvalue weighted by Crippen LogP contribution is -1.94. The third-order valence-corrected chi connectivity index (χ3v) is 0.118. The second-order valence-electron chi connectivity index (χ2n) is 0.516. The Morgan fingerprint density at radius 1 is 1.60 bits per heavy atom. The van der Waals surface area contributed by atoms with E-state index in [4.69, 9.17) is 15.0 Å². The highest BCUT2D eigenvalue weighted by atomic mass is 16.4. The molecule has 0 saturated carbocycles. The van der Waals surface area contributed by atoms with Crippen molar-refractivity contribution in [3.63, 3.8) is 0 Å². The third-order valence-electron chi connectivity index (χ3n) is 0.118. The predicted octanol–water partition coefficient (Wildman–Crippen LogP) is -0.626. The predicted molar refractivity (Wildman–Crippen MR) is 11.2 cm³/mol. The maximum absolute atomic E-state index is 8.97. The lowest BCUT2D eigenvalue weighted by Gasteiger charge is -1.62. The first-order valence-electron chi connectivity index (χ1n) is 1.05. The summed E-state index contributed by atoms with van der Waals surface area (Å²) in [7, 11) is 0. The fraction of sp³-hybridized carbons (Fsp3) is 0.500. The van der Waals surface area contributed by atoms with E-state index in [1.807, 2.05) is 0 Å². The largest absolute Gasteiger partial charge is 0.384 e. The molecule has 0 aliphatic rings. The van der Waals surface area contributed by atoms with Crippen LogP contribution in [0.1, 0.15) is 0 Å². The Labute approximate surface area is 28.9 Å². The minimum atomic E-state index is -1.55. The van der Waals surface area contributed by atoms with Crippen molar-refractivity contribution >= 4 is 5.97 Å². The molecule has 0 unspecified atom stereocenters. The van der Waals surface area contributed by atoms with Crippen LogP contribution in [0.5, 0.6) is 0 Å². The molecule has 3 heteroatoms. The van der Waals surface area contributed by atoms with Gasteiger partial charge in [-0.3, -0.25) is 0 Å². The number of hydrogen-bond acceptors (Lipinski definition) is 1. The Bertz CT molecular complexity index is 40.2. The van der Waals surface area contributed by atoms with E-state index in [-0.39, 0.29) is 0 Å². The van der Waals surface area contributed by atoms with E-state index < -0.39 is 12.6 Å². The van der Waals surface area contributed by atoms with Gasteiger partial charge in [-0.15, -0.1) is 0 Å². The van der Waals surface area contributed by atoms with Crippen molar-refractivity contribution < 1.29 is 15.0 Å². The van der Waals surface area contributed by atoms with Gasteiger partial charge in [0.25, 0.3) is 0 Å². The van der Waals surface area contributed by atoms with Crippen molar-refractivity contribution in [3.05, 3.63) is 0 Å². The van der Waals surface area contributed by atoms with Crippen molar-refractivity contribution in [2.45, 2.75) is 0 Å². The molecule has 5 heavy (non-hydrogen) atoms. The number of carbonyl (C=O) groups excluding carboxylic acids is 1. The average Bonchev–Trinajstić information content (AvgIpc) is 1.38. The summed E-state index contributed by atoms with van der Waals surface area (Å²) >= 11 is 0. The standard InChI is InChI=1S/C2H2O3/c3-1-2(4)5/h1H2. The van der Waals surface area contributed by atoms with Crippen LogP contribution in [0.15, 0.2) is 0 Å². The number of hydrogen-bond donors (Lipinski definition) is 0. The average molecular weight is 74.0 g/mol. The second kappa shape index (κ2) is 1.72. The van der Waals surface area contributed by atoms with E-state index in [2.05, 4.69) is 0 Å². The van der Waals surface area contributed by atoms with Crippen molar-refractivity contribution in [2.75, 3.05) is 6.61 Å². The van der Waals surface area contributed by atoms with Crippen LogP contribution in [0.2, 0.25) is 0 Å². The molecule has 0 saturated heterocycles. The summed E-state index contributed by atoms with van der Waals surface area (Å²) in [6, 6.07) is 0. The maximum atomic E-state index is 8.97. The Hall–Kier alpha value is -0.570. The van der Waals surface area contributed by atoms with E-state index in [0.717, 1.165) is 0 Å². The van der Waals surface area contributed by atoms with Crippen molar-refractivity contribution in [1.82, 2.24) is 0 Å². The van der Waals surface area contributed by atoms with Gasteiger partial charge < -0.3 is 0 Å². The van der Waals surface area contributed by atoms with Gasteiger partial charge in [0, 0.05) is 0 Å². The van der Waals surface area contributed by atoms with E-state index >= 15 is 0 Å². The molecule has 0 spiro atoms. The Kier molecular flexibility index (Phi) is 1.53. The first kappa shape index (κ1) is 4.43. The SMILES string of the molecule is [O]CC([O])=O. The molecule has 0 aromatic heterocycles. The third kappa shape index (κ3) is 3.43. The zero-order valence-electron chi connectivity index (χ0n) is 2.43. The van der Waals surface area contributed by atoms with Crippen LogP contribution in [0.3, 0.4) is 0 Å². The van der Waals surface area contributed by atoms with Crippen molar-refractivity contribution in [2.24, 2.45) is 0 Å². The molecule has 0 aromatic rings. The highest BCUT2D eigenvalue weighted by molar-refractivity contribution is 5.67. The van der Waals surface area contributed by atoms with Gasteiger partial charge in [-0.05, 0) is 0 Å². The van der Waals surface area contributed by atoms with Crippen LogP contribution in [0.4, 0.5) is 0 Å². The van der Waals surface area contributed by atoms with Crippen LogP contribution in [-0.4, -0.2) is 12.6 Å². The molecule has 0 aliphatic carbocycles. The highest BCUT2D eigenvalue weighted by Crippen LogP contribution is 1.53. The van der Waals surface area contributed by atoms with E-state index in [0.29, 0.717) is 0 Å². The van der Waals surface area contributed by atoms with Crippen LogP contribution in [0, 0.1) is 0 Å². The molecule has 0 aromatic carbocycles. The molecular formula is C2H2O3. The number of rotatable bonds is 1. The van der Waals surface area contributed by atoms with E-state index in [1.54, 1.807) is 0 Å². The first-order valence-corrected chi connectivity index (χ1v) is 1.05. The molecule has 0 aliphatic heterocycles. The summed E-state index contributed by atoms with van der Waals surface area (Å²) in [5.74, 6) is -1.55. The minimum absolute atomic E-state index is 1.14. The fourth-order valence-electron chi connectivity index (χ4n) is 0. The van der Waals surface area contributed by atoms with Crippen molar-refractivity contribution in [3.8, 4) is 0 Å². The maximum Gasteiger partial charge on any atom is 0.384 e. The minimum Gasteiger partial charge on any atom is -0.245 e. The summed E-state index contributed by atoms with van der Waals surface area (Å²) in [6.07, 6.45) is 0. The van der Waals surface area contributed by atoms with Gasteiger partial charge in [0.15, 0.2) is 6.61 Å². The monoisotopic (exact) mass is 74.0 g/mol. The van der Waals surface area contributed by atoms with E-state index in [1.165, 1.54) is 0 Å². The van der Waals surface area contributed by atoms with Gasteiger partial charge in [0.1, 0.15) is 0 Å². The van der Waals surface area contributed by atoms with Gasteiger partial charge in [0.2, 0.25) is 0 Å². The quantitative estimate of drug-likeness (QED) is 0.408. The molecule has 28 valence electrons. The molecule has 3 nitrogen and oxygen atoms in total. The van der Waals surface area contributed by atoms with Crippen LogP contribution < -0.4 is 0 Å². The molecule has 0 amide bonds. The lowest BCUT2D eigenvalue weighted by atomic mass is 10.8. The molecule has 0 rings (SSSR count). The summed E-state index contributed by atoms with van der Waals surface area (Å²) in [4.78, 5) is 8.94. The van der Waals surface area contributed by atoms with Crippen LogP contribution in [-0.2, 0) is 15.0 Å². The summed E-state index contributed by atoms with van der Waals surface area (Å²) in [5.41, 5.74) is 0. The zero-order chi connectivity index (χ0) is 4.28. The van der Waals surface area contributed by atoms with Gasteiger partial charge in [-0.2, -0.15) is 0 Å². The molecule has 0 N–H and O–H groups in total.